The van der Waals surface area contributed by atoms with E-state index in [1.165, 1.54) is 22.9 Å². The van der Waals surface area contributed by atoms with E-state index in [0.717, 1.165) is 17.5 Å². The molecule has 42 heavy (non-hydrogen) atoms. The fraction of sp³-hybridized carbons (Fsp3) is 0.206. The predicted molar refractivity (Wildman–Crippen MR) is 167 cm³/mol. The van der Waals surface area contributed by atoms with Crippen molar-refractivity contribution in [3.05, 3.63) is 115 Å². The molecule has 0 radical (unpaired) electrons. The molecule has 0 saturated heterocycles. The zero-order valence-corrected chi connectivity index (χ0v) is 25.0. The summed E-state index contributed by atoms with van der Waals surface area (Å²) in [6.45, 7) is 8.00. The molecule has 0 fully saturated rings. The van der Waals surface area contributed by atoms with Crippen LogP contribution in [0.3, 0.4) is 0 Å². The van der Waals surface area contributed by atoms with E-state index in [-0.39, 0.29) is 5.04 Å². The molecule has 0 saturated carbocycles. The minimum atomic E-state index is -2.65. The van der Waals surface area contributed by atoms with Gasteiger partial charge in [0.25, 0.3) is 20.1 Å². The Morgan fingerprint density at radius 1 is 0.881 bits per heavy atom. The molecule has 1 N–H and O–H groups in total. The van der Waals surface area contributed by atoms with E-state index in [2.05, 4.69) is 84.2 Å². The van der Waals surface area contributed by atoms with Gasteiger partial charge < -0.3 is 13.4 Å². The molecule has 0 bridgehead atoms. The maximum Gasteiger partial charge on any atom is 0.261 e. The van der Waals surface area contributed by atoms with E-state index in [0.29, 0.717) is 35.4 Å². The average molecular weight is 576 g/mol. The van der Waals surface area contributed by atoms with Gasteiger partial charge >= 0.3 is 0 Å². The second-order valence-corrected chi connectivity index (χ2v) is 15.8. The van der Waals surface area contributed by atoms with Crippen LogP contribution in [-0.4, -0.2) is 36.3 Å². The van der Waals surface area contributed by atoms with Gasteiger partial charge in [-0.15, -0.1) is 0 Å². The van der Waals surface area contributed by atoms with Crippen molar-refractivity contribution in [3.8, 4) is 0 Å². The number of benzene rings is 2. The summed E-state index contributed by atoms with van der Waals surface area (Å²) in [6, 6.07) is 26.7. The van der Waals surface area contributed by atoms with Crippen molar-refractivity contribution in [1.82, 2.24) is 14.9 Å². The monoisotopic (exact) mass is 575 g/mol. The highest BCUT2D eigenvalue weighted by molar-refractivity contribution is 6.99. The minimum absolute atomic E-state index is 0.108. The lowest BCUT2D eigenvalue weighted by molar-refractivity contribution is -0.122. The quantitative estimate of drug-likeness (QED) is 0.149. The first-order valence-corrected chi connectivity index (χ1v) is 16.0. The number of amides is 2. The Balaban J connectivity index is 1.32. The zero-order chi connectivity index (χ0) is 29.3. The first-order valence-electron chi connectivity index (χ1n) is 14.1. The number of carbonyl (C=O) groups is 2. The highest BCUT2D eigenvalue weighted by Crippen LogP contribution is 2.38. The van der Waals surface area contributed by atoms with Crippen molar-refractivity contribution in [1.29, 1.82) is 0 Å². The molecule has 0 unspecified atom stereocenters. The molecular weight excluding hydrogens is 542 g/mol. The second kappa shape index (κ2) is 11.0. The van der Waals surface area contributed by atoms with Gasteiger partial charge in [0.15, 0.2) is 0 Å². The largest absolute Gasteiger partial charge is 0.472 e. The van der Waals surface area contributed by atoms with Crippen molar-refractivity contribution in [2.45, 2.75) is 38.8 Å². The van der Waals surface area contributed by atoms with E-state index < -0.39 is 20.1 Å². The van der Waals surface area contributed by atoms with Crippen LogP contribution in [0.1, 0.15) is 38.3 Å². The molecule has 0 aliphatic carbocycles. The summed E-state index contributed by atoms with van der Waals surface area (Å²) >= 11 is 0. The molecule has 8 heteroatoms. The van der Waals surface area contributed by atoms with E-state index >= 15 is 0 Å². The van der Waals surface area contributed by atoms with Crippen molar-refractivity contribution in [3.63, 3.8) is 0 Å². The van der Waals surface area contributed by atoms with Crippen LogP contribution in [-0.2, 0) is 20.6 Å². The van der Waals surface area contributed by atoms with Crippen molar-refractivity contribution in [2.75, 3.05) is 6.61 Å². The van der Waals surface area contributed by atoms with Crippen molar-refractivity contribution >= 4 is 52.7 Å². The molecule has 212 valence electrons. The molecule has 5 aromatic rings. The van der Waals surface area contributed by atoms with Gasteiger partial charge in [0.05, 0.1) is 23.7 Å². The average Bonchev–Trinajstić information content (AvgIpc) is 3.71. The van der Waals surface area contributed by atoms with E-state index in [1.807, 2.05) is 30.5 Å². The highest BCUT2D eigenvalue weighted by Gasteiger charge is 2.50. The number of carbonyl (C=O) groups excluding carboxylic acids is 2. The number of aromatic nitrogens is 2. The van der Waals surface area contributed by atoms with Gasteiger partial charge in [0.2, 0.25) is 0 Å². The summed E-state index contributed by atoms with van der Waals surface area (Å²) in [5.41, 5.74) is 2.64. The van der Waals surface area contributed by atoms with Crippen LogP contribution in [0.25, 0.3) is 22.2 Å². The van der Waals surface area contributed by atoms with Gasteiger partial charge in [-0.05, 0) is 40.0 Å². The fourth-order valence-corrected chi connectivity index (χ4v) is 10.7. The van der Waals surface area contributed by atoms with E-state index in [1.54, 1.807) is 12.3 Å². The summed E-state index contributed by atoms with van der Waals surface area (Å²) in [4.78, 5) is 30.4. The molecule has 7 nitrogen and oxygen atoms in total. The molecular formula is C34H33N3O4Si. The van der Waals surface area contributed by atoms with Gasteiger partial charge in [0.1, 0.15) is 5.65 Å². The first kappa shape index (κ1) is 27.6. The number of hydrogen-bond acceptors (Lipinski definition) is 5. The highest BCUT2D eigenvalue weighted by atomic mass is 28.4. The van der Waals surface area contributed by atoms with Gasteiger partial charge in [-0.1, -0.05) is 81.4 Å². The fourth-order valence-electron chi connectivity index (χ4n) is 6.11. The third-order valence-electron chi connectivity index (χ3n) is 7.92. The summed E-state index contributed by atoms with van der Waals surface area (Å²) in [7, 11) is -2.65. The summed E-state index contributed by atoms with van der Waals surface area (Å²) in [6.07, 6.45) is 7.38. The van der Waals surface area contributed by atoms with Crippen LogP contribution in [0.4, 0.5) is 0 Å². The number of fused-ring (bicyclic) bond motifs is 1. The number of imide groups is 1. The maximum absolute atomic E-state index is 13.0. The van der Waals surface area contributed by atoms with Crippen LogP contribution < -0.4 is 15.7 Å². The first-order chi connectivity index (χ1) is 20.3. The Morgan fingerprint density at radius 3 is 2.17 bits per heavy atom. The molecule has 1 aliphatic heterocycles. The van der Waals surface area contributed by atoms with E-state index in [9.17, 15) is 9.59 Å². The van der Waals surface area contributed by atoms with Crippen molar-refractivity contribution in [2.24, 2.45) is 0 Å². The van der Waals surface area contributed by atoms with Crippen LogP contribution in [0.5, 0.6) is 0 Å². The Labute approximate surface area is 246 Å². The molecule has 3 aromatic heterocycles. The number of furan rings is 1. The summed E-state index contributed by atoms with van der Waals surface area (Å²) in [5, 5.41) is 5.65. The second-order valence-electron chi connectivity index (χ2n) is 11.5. The number of aryl methyl sites for hydroxylation is 1. The number of nitrogens with one attached hydrogen (secondary N) is 1. The Bertz CT molecular complexity index is 1730. The number of nitrogens with zero attached hydrogens (tertiary/aromatic N) is 2. The van der Waals surface area contributed by atoms with Crippen LogP contribution in [0, 0.1) is 0 Å². The minimum Gasteiger partial charge on any atom is -0.472 e. The van der Waals surface area contributed by atoms with Crippen LogP contribution in [0.15, 0.2) is 108 Å². The third kappa shape index (κ3) is 4.72. The molecule has 2 aromatic carbocycles. The van der Waals surface area contributed by atoms with Gasteiger partial charge in [0, 0.05) is 42.1 Å². The van der Waals surface area contributed by atoms with Gasteiger partial charge in [-0.25, -0.2) is 4.98 Å². The summed E-state index contributed by atoms with van der Waals surface area (Å²) in [5.74, 6) is -0.853. The van der Waals surface area contributed by atoms with Gasteiger partial charge in [-0.2, -0.15) is 0 Å². The summed E-state index contributed by atoms with van der Waals surface area (Å²) < 4.78 is 14.3. The SMILES string of the molecule is CC(C)(C)[Si](OCCCn1cc(C2=C(c3ccoc3)C(=O)NC2=O)c2cccnc21)(c1ccccc1)c1ccccc1. The Hall–Kier alpha value is -4.53. The van der Waals surface area contributed by atoms with Crippen LogP contribution in [0.2, 0.25) is 5.04 Å². The molecule has 1 aliphatic rings. The lowest BCUT2D eigenvalue weighted by Gasteiger charge is -2.43. The standard InChI is InChI=1S/C34H33N3O4Si/c1-34(2,3)42(25-12-6-4-7-13-25,26-14-8-5-9-15-26)41-20-11-19-37-22-28(27-16-10-18-35-31(27)37)30-29(24-17-21-40-23-24)32(38)36-33(30)39/h4-10,12-18,21-23H,11,19-20H2,1-3H3,(H,36,38,39). The van der Waals surface area contributed by atoms with Gasteiger partial charge in [-0.3, -0.25) is 14.9 Å². The maximum atomic E-state index is 13.0. The molecule has 6 rings (SSSR count). The smallest absolute Gasteiger partial charge is 0.261 e. The zero-order valence-electron chi connectivity index (χ0n) is 24.0. The number of pyridine rings is 1. The number of rotatable bonds is 9. The van der Waals surface area contributed by atoms with E-state index in [4.69, 9.17) is 8.84 Å². The van der Waals surface area contributed by atoms with Crippen LogP contribution >= 0.6 is 0 Å². The predicted octanol–water partition coefficient (Wildman–Crippen LogP) is 5.16. The number of hydrogen-bond donors (Lipinski definition) is 1. The lowest BCUT2D eigenvalue weighted by Crippen LogP contribution is -2.66. The Kier molecular flexibility index (Phi) is 7.26. The normalized spacial score (nSPS) is 14.2. The Morgan fingerprint density at radius 2 is 1.55 bits per heavy atom. The van der Waals surface area contributed by atoms with Crippen molar-refractivity contribution < 1.29 is 18.4 Å². The molecule has 0 atom stereocenters. The molecule has 2 amide bonds. The topological polar surface area (TPSA) is 86.4 Å². The molecule has 4 heterocycles. The lowest BCUT2D eigenvalue weighted by atomic mass is 9.98. The third-order valence-corrected chi connectivity index (χ3v) is 13.0. The molecule has 0 spiro atoms.